The summed E-state index contributed by atoms with van der Waals surface area (Å²) in [6, 6.07) is 39.7. The van der Waals surface area contributed by atoms with E-state index in [-0.39, 0.29) is 0 Å². The second kappa shape index (κ2) is 9.58. The van der Waals surface area contributed by atoms with E-state index in [4.69, 9.17) is 0 Å². The lowest BCUT2D eigenvalue weighted by atomic mass is 9.95. The van der Waals surface area contributed by atoms with Crippen molar-refractivity contribution in [2.75, 3.05) is 0 Å². The van der Waals surface area contributed by atoms with Crippen molar-refractivity contribution in [3.63, 3.8) is 0 Å². The van der Waals surface area contributed by atoms with E-state index in [0.717, 1.165) is 25.7 Å². The number of aryl methyl sites for hydroxylation is 4. The Hall–Kier alpha value is -3.20. The first-order valence-electron chi connectivity index (χ1n) is 12.0. The van der Waals surface area contributed by atoms with Gasteiger partial charge in [0.05, 0.1) is 0 Å². The van der Waals surface area contributed by atoms with Crippen LogP contribution in [-0.2, 0) is 25.7 Å². The SMILES string of the molecule is c1ccc(CCc2sc3ccccc3c2-c2c(CCc3ccccc3)sc3ccccc23)cc1. The Morgan fingerprint density at radius 1 is 0.382 bits per heavy atom. The predicted molar refractivity (Wildman–Crippen MR) is 150 cm³/mol. The zero-order valence-corrected chi connectivity index (χ0v) is 20.7. The maximum absolute atomic E-state index is 2.32. The Morgan fingerprint density at radius 3 is 1.21 bits per heavy atom. The molecule has 0 radical (unpaired) electrons. The molecule has 0 spiro atoms. The standard InChI is InChI=1S/C32H26S2/c1-3-11-23(12-4-1)19-21-29-31(25-15-7-9-17-27(25)33-29)32-26-16-8-10-18-28(26)34-30(32)22-20-24-13-5-2-6-14-24/h1-18H,19-22H2. The summed E-state index contributed by atoms with van der Waals surface area (Å²) in [5.74, 6) is 0. The highest BCUT2D eigenvalue weighted by atomic mass is 32.1. The normalized spacial score (nSPS) is 11.4. The van der Waals surface area contributed by atoms with Gasteiger partial charge in [0.2, 0.25) is 0 Å². The molecule has 0 bridgehead atoms. The van der Waals surface area contributed by atoms with Gasteiger partial charge in [-0.05, 0) is 48.9 Å². The van der Waals surface area contributed by atoms with Crippen molar-refractivity contribution in [1.82, 2.24) is 0 Å². The molecular formula is C32H26S2. The summed E-state index contributed by atoms with van der Waals surface area (Å²) >= 11 is 3.96. The molecule has 6 rings (SSSR count). The van der Waals surface area contributed by atoms with Gasteiger partial charge in [-0.2, -0.15) is 0 Å². The van der Waals surface area contributed by atoms with Crippen LogP contribution in [0.3, 0.4) is 0 Å². The van der Waals surface area contributed by atoms with E-state index >= 15 is 0 Å². The Balaban J connectivity index is 1.48. The molecule has 34 heavy (non-hydrogen) atoms. The van der Waals surface area contributed by atoms with Gasteiger partial charge in [-0.3, -0.25) is 0 Å². The molecule has 0 aliphatic heterocycles. The molecule has 0 N–H and O–H groups in total. The molecule has 0 fully saturated rings. The number of benzene rings is 4. The van der Waals surface area contributed by atoms with E-state index in [9.17, 15) is 0 Å². The molecule has 4 aromatic carbocycles. The molecule has 0 nitrogen and oxygen atoms in total. The minimum absolute atomic E-state index is 1.07. The van der Waals surface area contributed by atoms with E-state index in [1.54, 1.807) is 0 Å². The molecule has 0 atom stereocenters. The van der Waals surface area contributed by atoms with E-state index in [0.29, 0.717) is 0 Å². The molecule has 2 heteroatoms. The molecule has 0 aliphatic carbocycles. The first-order chi connectivity index (χ1) is 16.9. The summed E-state index contributed by atoms with van der Waals surface area (Å²) in [7, 11) is 0. The molecule has 2 aromatic heterocycles. The molecular weight excluding hydrogens is 448 g/mol. The zero-order chi connectivity index (χ0) is 22.7. The van der Waals surface area contributed by atoms with E-state index in [1.807, 2.05) is 22.7 Å². The van der Waals surface area contributed by atoms with Crippen molar-refractivity contribution in [2.24, 2.45) is 0 Å². The van der Waals surface area contributed by atoms with Crippen LogP contribution in [0.25, 0.3) is 31.3 Å². The number of rotatable bonds is 7. The van der Waals surface area contributed by atoms with Crippen LogP contribution in [-0.4, -0.2) is 0 Å². The number of hydrogen-bond acceptors (Lipinski definition) is 2. The molecule has 6 aromatic rings. The van der Waals surface area contributed by atoms with Crippen molar-refractivity contribution in [3.8, 4) is 11.1 Å². The van der Waals surface area contributed by atoms with Gasteiger partial charge >= 0.3 is 0 Å². The van der Waals surface area contributed by atoms with Gasteiger partial charge in [-0.25, -0.2) is 0 Å². The average molecular weight is 475 g/mol. The summed E-state index contributed by atoms with van der Waals surface area (Å²) in [6.45, 7) is 0. The van der Waals surface area contributed by atoms with Crippen LogP contribution >= 0.6 is 22.7 Å². The van der Waals surface area contributed by atoms with Gasteiger partial charge in [0.1, 0.15) is 0 Å². The maximum Gasteiger partial charge on any atom is 0.0352 e. The fourth-order valence-corrected chi connectivity index (χ4v) is 7.32. The minimum Gasteiger partial charge on any atom is -0.140 e. The fraction of sp³-hybridized carbons (Fsp3) is 0.125. The number of thiophene rings is 2. The van der Waals surface area contributed by atoms with Crippen molar-refractivity contribution < 1.29 is 0 Å². The summed E-state index contributed by atoms with van der Waals surface area (Å²) in [4.78, 5) is 3.02. The van der Waals surface area contributed by atoms with E-state index in [2.05, 4.69) is 109 Å². The predicted octanol–water partition coefficient (Wildman–Crippen LogP) is 9.35. The van der Waals surface area contributed by atoms with E-state index in [1.165, 1.54) is 52.2 Å². The topological polar surface area (TPSA) is 0 Å². The van der Waals surface area contributed by atoms with Gasteiger partial charge in [0, 0.05) is 41.1 Å². The number of fused-ring (bicyclic) bond motifs is 2. The van der Waals surface area contributed by atoms with Crippen molar-refractivity contribution >= 4 is 42.8 Å². The third-order valence-corrected chi connectivity index (χ3v) is 9.02. The smallest absolute Gasteiger partial charge is 0.0352 e. The Morgan fingerprint density at radius 2 is 0.765 bits per heavy atom. The highest BCUT2D eigenvalue weighted by Crippen LogP contribution is 2.47. The molecule has 2 heterocycles. The second-order valence-corrected chi connectivity index (χ2v) is 11.0. The molecule has 0 aliphatic rings. The summed E-state index contributed by atoms with van der Waals surface area (Å²) < 4.78 is 2.79. The van der Waals surface area contributed by atoms with Gasteiger partial charge in [0.15, 0.2) is 0 Å². The number of hydrogen-bond donors (Lipinski definition) is 0. The van der Waals surface area contributed by atoms with E-state index < -0.39 is 0 Å². The molecule has 0 amide bonds. The lowest BCUT2D eigenvalue weighted by Gasteiger charge is -2.09. The lowest BCUT2D eigenvalue weighted by molar-refractivity contribution is 0.975. The monoisotopic (exact) mass is 474 g/mol. The van der Waals surface area contributed by atoms with Crippen LogP contribution in [0.1, 0.15) is 20.9 Å². The highest BCUT2D eigenvalue weighted by molar-refractivity contribution is 7.21. The average Bonchev–Trinajstić information content (AvgIpc) is 3.44. The van der Waals surface area contributed by atoms with Crippen molar-refractivity contribution in [1.29, 1.82) is 0 Å². The third-order valence-electron chi connectivity index (χ3n) is 6.55. The van der Waals surface area contributed by atoms with Crippen LogP contribution in [0.5, 0.6) is 0 Å². The van der Waals surface area contributed by atoms with Crippen molar-refractivity contribution in [3.05, 3.63) is 130 Å². The summed E-state index contributed by atoms with van der Waals surface area (Å²) in [5, 5.41) is 2.81. The summed E-state index contributed by atoms with van der Waals surface area (Å²) in [5.41, 5.74) is 5.75. The van der Waals surface area contributed by atoms with Crippen molar-refractivity contribution in [2.45, 2.75) is 25.7 Å². The molecule has 166 valence electrons. The van der Waals surface area contributed by atoms with Gasteiger partial charge in [0.25, 0.3) is 0 Å². The highest BCUT2D eigenvalue weighted by Gasteiger charge is 2.21. The quantitative estimate of drug-likeness (QED) is 0.216. The van der Waals surface area contributed by atoms with Crippen LogP contribution < -0.4 is 0 Å². The van der Waals surface area contributed by atoms with Crippen LogP contribution in [0.15, 0.2) is 109 Å². The Kier molecular flexibility index (Phi) is 6.01. The second-order valence-electron chi connectivity index (χ2n) is 8.76. The van der Waals surface area contributed by atoms with Gasteiger partial charge in [-0.15, -0.1) is 22.7 Å². The maximum atomic E-state index is 2.32. The molecule has 0 saturated carbocycles. The Bertz CT molecular complexity index is 1420. The minimum atomic E-state index is 1.07. The largest absolute Gasteiger partial charge is 0.140 e. The summed E-state index contributed by atoms with van der Waals surface area (Å²) in [6.07, 6.45) is 4.28. The third kappa shape index (κ3) is 4.20. The first kappa shape index (κ1) is 21.3. The lowest BCUT2D eigenvalue weighted by Crippen LogP contribution is -1.94. The van der Waals surface area contributed by atoms with Crippen LogP contribution in [0.2, 0.25) is 0 Å². The van der Waals surface area contributed by atoms with Gasteiger partial charge in [-0.1, -0.05) is 97.1 Å². The Labute approximate surface area is 209 Å². The molecule has 0 saturated heterocycles. The van der Waals surface area contributed by atoms with Crippen LogP contribution in [0, 0.1) is 0 Å². The zero-order valence-electron chi connectivity index (χ0n) is 19.0. The first-order valence-corrected chi connectivity index (χ1v) is 13.6. The van der Waals surface area contributed by atoms with Gasteiger partial charge < -0.3 is 0 Å². The van der Waals surface area contributed by atoms with Crippen LogP contribution in [0.4, 0.5) is 0 Å². The molecule has 0 unspecified atom stereocenters. The fourth-order valence-electron chi connectivity index (χ4n) is 4.90.